The Morgan fingerprint density at radius 1 is 1.47 bits per heavy atom. The average molecular weight is 326 g/mol. The van der Waals surface area contributed by atoms with E-state index < -0.39 is 0 Å². The fraction of sp³-hybridized carbons (Fsp3) is 0.500. The van der Waals surface area contributed by atoms with Gasteiger partial charge in [0.1, 0.15) is 5.82 Å². The lowest BCUT2D eigenvalue weighted by atomic mass is 9.98. The molecule has 0 amide bonds. The summed E-state index contributed by atoms with van der Waals surface area (Å²) in [5.41, 5.74) is 7.53. The minimum atomic E-state index is -0.270. The second kappa shape index (κ2) is 4.78. The van der Waals surface area contributed by atoms with Crippen LogP contribution in [0.25, 0.3) is 11.0 Å². The largest absolute Gasteiger partial charge is 0.369 e. The van der Waals surface area contributed by atoms with Gasteiger partial charge in [-0.25, -0.2) is 9.37 Å². The van der Waals surface area contributed by atoms with Crippen molar-refractivity contribution in [3.8, 4) is 0 Å². The molecule has 1 saturated carbocycles. The molecule has 1 aliphatic rings. The first-order valence-electron chi connectivity index (χ1n) is 6.67. The van der Waals surface area contributed by atoms with Crippen molar-refractivity contribution < 1.29 is 4.39 Å². The van der Waals surface area contributed by atoms with Crippen molar-refractivity contribution >= 4 is 32.9 Å². The van der Waals surface area contributed by atoms with Crippen molar-refractivity contribution in [1.82, 2.24) is 9.55 Å². The molecule has 1 aromatic carbocycles. The Hall–Kier alpha value is -1.10. The zero-order valence-corrected chi connectivity index (χ0v) is 12.5. The maximum Gasteiger partial charge on any atom is 0.201 e. The first kappa shape index (κ1) is 12.9. The first-order chi connectivity index (χ1) is 9.06. The SMILES string of the molecule is CC1CCCC1Cn1c(N)nc2cc(Br)c(F)cc21. The van der Waals surface area contributed by atoms with Gasteiger partial charge in [-0.05, 0) is 40.3 Å². The molecule has 2 atom stereocenters. The molecule has 2 N–H and O–H groups in total. The molecule has 3 rings (SSSR count). The Kier molecular flexibility index (Phi) is 3.25. The van der Waals surface area contributed by atoms with Crippen LogP contribution in [0.1, 0.15) is 26.2 Å². The van der Waals surface area contributed by atoms with Gasteiger partial charge in [-0.2, -0.15) is 0 Å². The zero-order valence-electron chi connectivity index (χ0n) is 10.9. The standard InChI is InChI=1S/C14H17BrFN3/c1-8-3-2-4-9(8)7-19-13-6-11(16)10(15)5-12(13)18-14(19)17/h5-6,8-9H,2-4,7H2,1H3,(H2,17,18). The third kappa shape index (κ3) is 2.24. The van der Waals surface area contributed by atoms with Gasteiger partial charge in [0, 0.05) is 12.6 Å². The molecule has 0 saturated heterocycles. The number of rotatable bonds is 2. The monoisotopic (exact) mass is 325 g/mol. The van der Waals surface area contributed by atoms with Crippen LogP contribution in [0.5, 0.6) is 0 Å². The lowest BCUT2D eigenvalue weighted by Crippen LogP contribution is -2.14. The number of anilines is 1. The van der Waals surface area contributed by atoms with Gasteiger partial charge in [-0.1, -0.05) is 19.8 Å². The molecule has 1 aromatic heterocycles. The van der Waals surface area contributed by atoms with Gasteiger partial charge in [0.15, 0.2) is 0 Å². The second-order valence-corrected chi connectivity index (χ2v) is 6.36. The molecule has 3 nitrogen and oxygen atoms in total. The summed E-state index contributed by atoms with van der Waals surface area (Å²) in [6.07, 6.45) is 3.77. The van der Waals surface area contributed by atoms with Crippen LogP contribution in [0.3, 0.4) is 0 Å². The summed E-state index contributed by atoms with van der Waals surface area (Å²) in [6, 6.07) is 3.21. The van der Waals surface area contributed by atoms with Gasteiger partial charge >= 0.3 is 0 Å². The highest BCUT2D eigenvalue weighted by Crippen LogP contribution is 2.34. The maximum absolute atomic E-state index is 13.7. The van der Waals surface area contributed by atoms with E-state index in [0.717, 1.165) is 17.6 Å². The van der Waals surface area contributed by atoms with Crippen molar-refractivity contribution in [2.24, 2.45) is 11.8 Å². The van der Waals surface area contributed by atoms with E-state index in [1.807, 2.05) is 4.57 Å². The smallest absolute Gasteiger partial charge is 0.201 e. The van der Waals surface area contributed by atoms with E-state index in [0.29, 0.717) is 22.3 Å². The number of fused-ring (bicyclic) bond motifs is 1. The molecule has 2 aromatic rings. The van der Waals surface area contributed by atoms with Crippen LogP contribution in [0.15, 0.2) is 16.6 Å². The van der Waals surface area contributed by atoms with Gasteiger partial charge in [0.25, 0.3) is 0 Å². The molecule has 5 heteroatoms. The lowest BCUT2D eigenvalue weighted by Gasteiger charge is -2.17. The molecular formula is C14H17BrFN3. The molecule has 19 heavy (non-hydrogen) atoms. The summed E-state index contributed by atoms with van der Waals surface area (Å²) >= 11 is 3.18. The zero-order chi connectivity index (χ0) is 13.6. The summed E-state index contributed by atoms with van der Waals surface area (Å²) in [5.74, 6) is 1.53. The highest BCUT2D eigenvalue weighted by atomic mass is 79.9. The third-order valence-corrected chi connectivity index (χ3v) is 4.88. The molecule has 0 radical (unpaired) electrons. The molecule has 0 bridgehead atoms. The van der Waals surface area contributed by atoms with Gasteiger partial charge in [-0.3, -0.25) is 0 Å². The van der Waals surface area contributed by atoms with Crippen LogP contribution in [0.2, 0.25) is 0 Å². The predicted octanol–water partition coefficient (Wildman–Crippen LogP) is 3.96. The van der Waals surface area contributed by atoms with Crippen LogP contribution < -0.4 is 5.73 Å². The van der Waals surface area contributed by atoms with Crippen molar-refractivity contribution in [2.75, 3.05) is 5.73 Å². The number of halogens is 2. The molecular weight excluding hydrogens is 309 g/mol. The minimum Gasteiger partial charge on any atom is -0.369 e. The van der Waals surface area contributed by atoms with Crippen molar-refractivity contribution in [2.45, 2.75) is 32.7 Å². The molecule has 1 fully saturated rings. The summed E-state index contributed by atoms with van der Waals surface area (Å²) < 4.78 is 16.1. The Bertz CT molecular complexity index is 623. The van der Waals surface area contributed by atoms with Gasteiger partial charge in [0.05, 0.1) is 15.5 Å². The normalized spacial score (nSPS) is 23.3. The van der Waals surface area contributed by atoms with Crippen molar-refractivity contribution in [3.05, 3.63) is 22.4 Å². The Morgan fingerprint density at radius 3 is 2.95 bits per heavy atom. The fourth-order valence-electron chi connectivity index (χ4n) is 3.06. The Morgan fingerprint density at radius 2 is 2.26 bits per heavy atom. The van der Waals surface area contributed by atoms with Gasteiger partial charge < -0.3 is 10.3 Å². The lowest BCUT2D eigenvalue weighted by molar-refractivity contribution is 0.370. The molecule has 102 valence electrons. The Balaban J connectivity index is 2.02. The van der Waals surface area contributed by atoms with Crippen LogP contribution >= 0.6 is 15.9 Å². The second-order valence-electron chi connectivity index (χ2n) is 5.50. The summed E-state index contributed by atoms with van der Waals surface area (Å²) in [7, 11) is 0. The Labute approximate surface area is 120 Å². The first-order valence-corrected chi connectivity index (χ1v) is 7.46. The van der Waals surface area contributed by atoms with Crippen LogP contribution in [-0.2, 0) is 6.54 Å². The maximum atomic E-state index is 13.7. The van der Waals surface area contributed by atoms with E-state index in [-0.39, 0.29) is 5.82 Å². The summed E-state index contributed by atoms with van der Waals surface area (Å²) in [4.78, 5) is 4.33. The number of imidazole rings is 1. The predicted molar refractivity (Wildman–Crippen MR) is 78.3 cm³/mol. The average Bonchev–Trinajstić information content (AvgIpc) is 2.88. The third-order valence-electron chi connectivity index (χ3n) is 4.28. The van der Waals surface area contributed by atoms with E-state index in [1.165, 1.54) is 25.3 Å². The minimum absolute atomic E-state index is 0.270. The van der Waals surface area contributed by atoms with E-state index in [4.69, 9.17) is 5.73 Å². The van der Waals surface area contributed by atoms with Crippen molar-refractivity contribution in [3.63, 3.8) is 0 Å². The number of nitrogens with zero attached hydrogens (tertiary/aromatic N) is 2. The molecule has 1 heterocycles. The number of benzene rings is 1. The highest BCUT2D eigenvalue weighted by molar-refractivity contribution is 9.10. The van der Waals surface area contributed by atoms with Crippen LogP contribution in [0, 0.1) is 17.7 Å². The van der Waals surface area contributed by atoms with Crippen molar-refractivity contribution in [1.29, 1.82) is 0 Å². The van der Waals surface area contributed by atoms with Crippen LogP contribution in [-0.4, -0.2) is 9.55 Å². The summed E-state index contributed by atoms with van der Waals surface area (Å²) in [6.45, 7) is 3.12. The fourth-order valence-corrected chi connectivity index (χ4v) is 3.39. The number of hydrogen-bond acceptors (Lipinski definition) is 2. The molecule has 1 aliphatic carbocycles. The number of aromatic nitrogens is 2. The van der Waals surface area contributed by atoms with E-state index in [1.54, 1.807) is 6.07 Å². The molecule has 0 spiro atoms. The topological polar surface area (TPSA) is 43.8 Å². The molecule has 0 aliphatic heterocycles. The van der Waals surface area contributed by atoms with E-state index >= 15 is 0 Å². The highest BCUT2D eigenvalue weighted by Gasteiger charge is 2.25. The quantitative estimate of drug-likeness (QED) is 0.908. The summed E-state index contributed by atoms with van der Waals surface area (Å²) in [5, 5.41) is 0. The van der Waals surface area contributed by atoms with E-state index in [2.05, 4.69) is 27.8 Å². The number of nitrogen functional groups attached to an aromatic ring is 1. The molecule has 2 unspecified atom stereocenters. The van der Waals surface area contributed by atoms with E-state index in [9.17, 15) is 4.39 Å². The van der Waals surface area contributed by atoms with Crippen LogP contribution in [0.4, 0.5) is 10.3 Å². The van der Waals surface area contributed by atoms with Gasteiger partial charge in [-0.15, -0.1) is 0 Å². The number of hydrogen-bond donors (Lipinski definition) is 1. The van der Waals surface area contributed by atoms with Gasteiger partial charge in [0.2, 0.25) is 5.95 Å². The number of nitrogens with two attached hydrogens (primary N) is 1.